The van der Waals surface area contributed by atoms with Crippen LogP contribution in [0.2, 0.25) is 0 Å². The molecular formula is C25H44N6O. The number of imidazole rings is 1. The zero-order valence-electron chi connectivity index (χ0n) is 20.2. The molecule has 0 radical (unpaired) electrons. The number of nitrogens with two attached hydrogens (primary N) is 1. The van der Waals surface area contributed by atoms with Crippen molar-refractivity contribution in [2.75, 3.05) is 12.3 Å². The lowest BCUT2D eigenvalue weighted by atomic mass is 10.0. The van der Waals surface area contributed by atoms with Crippen molar-refractivity contribution in [2.45, 2.75) is 116 Å². The number of carbonyl (C=O) groups is 1. The number of rotatable bonds is 19. The Morgan fingerprint density at radius 1 is 0.812 bits per heavy atom. The summed E-state index contributed by atoms with van der Waals surface area (Å²) in [5, 5.41) is 2.99. The van der Waals surface area contributed by atoms with Crippen molar-refractivity contribution in [3.8, 4) is 0 Å². The highest BCUT2D eigenvalue weighted by Gasteiger charge is 2.10. The van der Waals surface area contributed by atoms with Crippen LogP contribution in [-0.4, -0.2) is 32.0 Å². The largest absolute Gasteiger partial charge is 0.382 e. The van der Waals surface area contributed by atoms with E-state index in [1.807, 2.05) is 0 Å². The van der Waals surface area contributed by atoms with Gasteiger partial charge in [0, 0.05) is 6.54 Å². The zero-order valence-corrected chi connectivity index (χ0v) is 20.2. The third-order valence-electron chi connectivity index (χ3n) is 6.10. The fourth-order valence-corrected chi connectivity index (χ4v) is 4.13. The van der Waals surface area contributed by atoms with Crippen LogP contribution in [0.1, 0.15) is 110 Å². The van der Waals surface area contributed by atoms with Crippen molar-refractivity contribution in [3.05, 3.63) is 12.7 Å². The van der Waals surface area contributed by atoms with Gasteiger partial charge in [-0.2, -0.15) is 0 Å². The van der Waals surface area contributed by atoms with Gasteiger partial charge in [-0.1, -0.05) is 103 Å². The van der Waals surface area contributed by atoms with Crippen LogP contribution in [0.15, 0.2) is 12.7 Å². The maximum absolute atomic E-state index is 12.2. The Kier molecular flexibility index (Phi) is 13.4. The Morgan fingerprint density at radius 3 is 1.91 bits per heavy atom. The monoisotopic (exact) mass is 444 g/mol. The molecule has 1 amide bonds. The fourth-order valence-electron chi connectivity index (χ4n) is 4.13. The molecule has 0 saturated carbocycles. The van der Waals surface area contributed by atoms with Crippen LogP contribution in [0.25, 0.3) is 11.2 Å². The van der Waals surface area contributed by atoms with Gasteiger partial charge >= 0.3 is 0 Å². The van der Waals surface area contributed by atoms with E-state index in [4.69, 9.17) is 5.73 Å². The first-order chi connectivity index (χ1) is 15.7. The molecule has 0 unspecified atom stereocenters. The molecule has 0 spiro atoms. The van der Waals surface area contributed by atoms with E-state index in [0.717, 1.165) is 13.0 Å². The topological polar surface area (TPSA) is 98.7 Å². The van der Waals surface area contributed by atoms with Gasteiger partial charge in [0.25, 0.3) is 0 Å². The molecule has 0 aromatic carbocycles. The summed E-state index contributed by atoms with van der Waals surface area (Å²) in [6.07, 6.45) is 24.6. The molecule has 7 heteroatoms. The van der Waals surface area contributed by atoms with Crippen LogP contribution in [0.5, 0.6) is 0 Å². The van der Waals surface area contributed by atoms with E-state index >= 15 is 0 Å². The second-order valence-electron chi connectivity index (χ2n) is 8.96. The summed E-state index contributed by atoms with van der Waals surface area (Å²) in [5.74, 6) is 0.310. The minimum Gasteiger partial charge on any atom is -0.382 e. The van der Waals surface area contributed by atoms with Gasteiger partial charge in [0.05, 0.1) is 6.33 Å². The van der Waals surface area contributed by atoms with E-state index in [1.54, 1.807) is 10.9 Å². The lowest BCUT2D eigenvalue weighted by Gasteiger charge is -2.07. The molecule has 2 aromatic rings. The molecule has 0 saturated heterocycles. The summed E-state index contributed by atoms with van der Waals surface area (Å²) < 4.78 is 1.70. The lowest BCUT2D eigenvalue weighted by molar-refractivity contribution is -0.121. The standard InChI is InChI=1S/C25H44N6O/c1-2-3-4-5-6-7-8-9-10-11-12-13-14-15-16-17-18-27-22(32)19-31-21-30-23-24(26)28-20-29-25(23)31/h20-21H,2-19H2,1H3,(H,27,32)(H2,26,28,29). The first-order valence-electron chi connectivity index (χ1n) is 12.9. The highest BCUT2D eigenvalue weighted by molar-refractivity contribution is 5.83. The summed E-state index contributed by atoms with van der Waals surface area (Å²) in [6.45, 7) is 3.20. The number of nitrogen functional groups attached to an aromatic ring is 1. The molecule has 7 nitrogen and oxygen atoms in total. The molecule has 180 valence electrons. The molecule has 2 aromatic heterocycles. The van der Waals surface area contributed by atoms with E-state index in [-0.39, 0.29) is 12.5 Å². The van der Waals surface area contributed by atoms with Crippen molar-refractivity contribution in [1.82, 2.24) is 24.8 Å². The predicted octanol–water partition coefficient (Wildman–Crippen LogP) is 5.79. The fraction of sp³-hybridized carbons (Fsp3) is 0.760. The predicted molar refractivity (Wildman–Crippen MR) is 132 cm³/mol. The van der Waals surface area contributed by atoms with Gasteiger partial charge in [-0.15, -0.1) is 0 Å². The summed E-state index contributed by atoms with van der Waals surface area (Å²) >= 11 is 0. The van der Waals surface area contributed by atoms with E-state index in [1.165, 1.54) is 103 Å². The number of fused-ring (bicyclic) bond motifs is 1. The molecule has 0 fully saturated rings. The van der Waals surface area contributed by atoms with Crippen molar-refractivity contribution in [1.29, 1.82) is 0 Å². The minimum atomic E-state index is -0.0255. The first-order valence-corrected chi connectivity index (χ1v) is 12.9. The molecular weight excluding hydrogens is 400 g/mol. The van der Waals surface area contributed by atoms with Gasteiger partial charge < -0.3 is 15.6 Å². The number of unbranched alkanes of at least 4 members (excludes halogenated alkanes) is 15. The quantitative estimate of drug-likeness (QED) is 0.267. The van der Waals surface area contributed by atoms with Gasteiger partial charge in [0.2, 0.25) is 5.91 Å². The highest BCUT2D eigenvalue weighted by Crippen LogP contribution is 2.15. The zero-order chi connectivity index (χ0) is 22.9. The Morgan fingerprint density at radius 2 is 1.34 bits per heavy atom. The van der Waals surface area contributed by atoms with Gasteiger partial charge in [0.1, 0.15) is 18.4 Å². The SMILES string of the molecule is CCCCCCCCCCCCCCCCCCNC(=O)Cn1cnc2c(N)ncnc21. The van der Waals surface area contributed by atoms with E-state index in [9.17, 15) is 4.79 Å². The number of hydrogen-bond donors (Lipinski definition) is 2. The maximum Gasteiger partial charge on any atom is 0.240 e. The Hall–Kier alpha value is -2.18. The molecule has 0 aliphatic carbocycles. The van der Waals surface area contributed by atoms with Crippen LogP contribution < -0.4 is 11.1 Å². The Balaban J connectivity index is 1.36. The number of amides is 1. The van der Waals surface area contributed by atoms with Crippen LogP contribution in [0, 0.1) is 0 Å². The lowest BCUT2D eigenvalue weighted by Crippen LogP contribution is -2.28. The average Bonchev–Trinajstić information content (AvgIpc) is 3.20. The molecule has 32 heavy (non-hydrogen) atoms. The van der Waals surface area contributed by atoms with Gasteiger partial charge in [-0.25, -0.2) is 15.0 Å². The molecule has 0 atom stereocenters. The number of carbonyl (C=O) groups excluding carboxylic acids is 1. The Bertz CT molecular complexity index is 760. The summed E-state index contributed by atoms with van der Waals surface area (Å²) in [6, 6.07) is 0. The molecule has 3 N–H and O–H groups in total. The summed E-state index contributed by atoms with van der Waals surface area (Å²) in [5.41, 5.74) is 6.91. The van der Waals surface area contributed by atoms with Crippen molar-refractivity contribution >= 4 is 22.9 Å². The van der Waals surface area contributed by atoms with E-state index < -0.39 is 0 Å². The van der Waals surface area contributed by atoms with Crippen LogP contribution in [0.3, 0.4) is 0 Å². The molecule has 2 rings (SSSR count). The number of hydrogen-bond acceptors (Lipinski definition) is 5. The third-order valence-corrected chi connectivity index (χ3v) is 6.10. The summed E-state index contributed by atoms with van der Waals surface area (Å²) in [4.78, 5) is 24.4. The van der Waals surface area contributed by atoms with Crippen molar-refractivity contribution < 1.29 is 4.79 Å². The van der Waals surface area contributed by atoms with Crippen LogP contribution in [-0.2, 0) is 11.3 Å². The normalized spacial score (nSPS) is 11.3. The molecule has 0 aliphatic heterocycles. The average molecular weight is 445 g/mol. The third kappa shape index (κ3) is 10.4. The van der Waals surface area contributed by atoms with Crippen molar-refractivity contribution in [2.24, 2.45) is 0 Å². The number of nitrogens with one attached hydrogen (secondary N) is 1. The van der Waals surface area contributed by atoms with Gasteiger partial charge in [-0.05, 0) is 6.42 Å². The highest BCUT2D eigenvalue weighted by atomic mass is 16.1. The number of nitrogens with zero attached hydrogens (tertiary/aromatic N) is 4. The van der Waals surface area contributed by atoms with Gasteiger partial charge in [0.15, 0.2) is 11.5 Å². The second-order valence-corrected chi connectivity index (χ2v) is 8.96. The van der Waals surface area contributed by atoms with E-state index in [2.05, 4.69) is 27.2 Å². The van der Waals surface area contributed by atoms with Crippen molar-refractivity contribution in [3.63, 3.8) is 0 Å². The molecule has 0 aliphatic rings. The molecule has 2 heterocycles. The number of anilines is 1. The van der Waals surface area contributed by atoms with Crippen LogP contribution in [0.4, 0.5) is 5.82 Å². The Labute approximate surface area is 194 Å². The first kappa shape index (κ1) is 26.1. The minimum absolute atomic E-state index is 0.0255. The van der Waals surface area contributed by atoms with E-state index in [0.29, 0.717) is 17.0 Å². The maximum atomic E-state index is 12.2. The molecule has 0 bridgehead atoms. The summed E-state index contributed by atoms with van der Waals surface area (Å²) in [7, 11) is 0. The smallest absolute Gasteiger partial charge is 0.240 e. The second kappa shape index (κ2) is 16.5. The van der Waals surface area contributed by atoms with Crippen LogP contribution >= 0.6 is 0 Å². The van der Waals surface area contributed by atoms with Gasteiger partial charge in [-0.3, -0.25) is 4.79 Å². The number of aromatic nitrogens is 4.